The molecule has 1 aromatic carbocycles. The Bertz CT molecular complexity index is 422. The molecule has 1 unspecified atom stereocenters. The van der Waals surface area contributed by atoms with Crippen molar-refractivity contribution in [1.29, 1.82) is 0 Å². The van der Waals surface area contributed by atoms with E-state index in [-0.39, 0.29) is 11.3 Å². The van der Waals surface area contributed by atoms with Crippen LogP contribution >= 0.6 is 0 Å². The summed E-state index contributed by atoms with van der Waals surface area (Å²) in [5.74, 6) is 0.211. The van der Waals surface area contributed by atoms with Crippen LogP contribution in [0, 0.1) is 11.8 Å². The maximum Gasteiger partial charge on any atom is 0.307 e. The number of hydrogen-bond acceptors (Lipinski definition) is 2. The molecule has 3 nitrogen and oxygen atoms in total. The van der Waals surface area contributed by atoms with Crippen LogP contribution < -0.4 is 4.74 Å². The van der Waals surface area contributed by atoms with E-state index in [2.05, 4.69) is 13.8 Å². The normalized spacial score (nSPS) is 26.9. The van der Waals surface area contributed by atoms with E-state index in [0.717, 1.165) is 17.7 Å². The molecule has 0 spiro atoms. The monoisotopic (exact) mass is 234 g/mol. The van der Waals surface area contributed by atoms with Crippen molar-refractivity contribution < 1.29 is 14.6 Å². The van der Waals surface area contributed by atoms with Crippen LogP contribution in [0.4, 0.5) is 0 Å². The van der Waals surface area contributed by atoms with E-state index in [1.807, 2.05) is 24.3 Å². The van der Waals surface area contributed by atoms with Gasteiger partial charge in [-0.25, -0.2) is 0 Å². The van der Waals surface area contributed by atoms with Gasteiger partial charge in [0.05, 0.1) is 13.0 Å². The van der Waals surface area contributed by atoms with Crippen LogP contribution in [-0.2, 0) is 10.2 Å². The number of aliphatic carboxylic acids is 1. The number of methoxy groups -OCH3 is 1. The fourth-order valence-corrected chi connectivity index (χ4v) is 2.78. The minimum atomic E-state index is -0.686. The molecular formula is C14H18O3. The van der Waals surface area contributed by atoms with Crippen molar-refractivity contribution in [2.45, 2.75) is 25.7 Å². The van der Waals surface area contributed by atoms with E-state index in [9.17, 15) is 9.90 Å². The second kappa shape index (κ2) is 4.06. The largest absolute Gasteiger partial charge is 0.497 e. The molecule has 1 saturated carbocycles. The molecule has 0 saturated heterocycles. The van der Waals surface area contributed by atoms with Crippen LogP contribution in [-0.4, -0.2) is 18.2 Å². The summed E-state index contributed by atoms with van der Waals surface area (Å²) >= 11 is 0. The molecule has 1 aliphatic carbocycles. The highest BCUT2D eigenvalue weighted by atomic mass is 16.5. The Labute approximate surface area is 101 Å². The Morgan fingerprint density at radius 3 is 2.35 bits per heavy atom. The van der Waals surface area contributed by atoms with Gasteiger partial charge in [-0.2, -0.15) is 0 Å². The summed E-state index contributed by atoms with van der Waals surface area (Å²) in [6.07, 6.45) is 0.742. The molecule has 1 aromatic rings. The Morgan fingerprint density at radius 1 is 1.41 bits per heavy atom. The third kappa shape index (κ3) is 1.79. The number of rotatable bonds is 4. The van der Waals surface area contributed by atoms with E-state index in [0.29, 0.717) is 5.92 Å². The minimum absolute atomic E-state index is 0.182. The van der Waals surface area contributed by atoms with Gasteiger partial charge in [0.1, 0.15) is 5.75 Å². The first-order valence-electron chi connectivity index (χ1n) is 5.89. The average Bonchev–Trinajstić information content (AvgIpc) is 3.06. The van der Waals surface area contributed by atoms with Crippen LogP contribution in [0.2, 0.25) is 0 Å². The van der Waals surface area contributed by atoms with Crippen LogP contribution in [0.15, 0.2) is 24.3 Å². The lowest BCUT2D eigenvalue weighted by Crippen LogP contribution is -2.21. The number of carboxylic acids is 1. The molecule has 0 aromatic heterocycles. The van der Waals surface area contributed by atoms with Crippen LogP contribution in [0.25, 0.3) is 0 Å². The van der Waals surface area contributed by atoms with Gasteiger partial charge in [-0.05, 0) is 30.0 Å². The zero-order chi connectivity index (χ0) is 12.6. The summed E-state index contributed by atoms with van der Waals surface area (Å²) in [5.41, 5.74) is 0.929. The lowest BCUT2D eigenvalue weighted by molar-refractivity contribution is -0.139. The van der Waals surface area contributed by atoms with Gasteiger partial charge < -0.3 is 9.84 Å². The molecule has 2 rings (SSSR count). The second-order valence-corrected chi connectivity index (χ2v) is 5.02. The topological polar surface area (TPSA) is 46.5 Å². The quantitative estimate of drug-likeness (QED) is 0.871. The van der Waals surface area contributed by atoms with Gasteiger partial charge in [0.25, 0.3) is 0 Å². The molecule has 0 amide bonds. The summed E-state index contributed by atoms with van der Waals surface area (Å²) < 4.78 is 5.12. The predicted octanol–water partition coefficient (Wildman–Crippen LogP) is 2.69. The van der Waals surface area contributed by atoms with Crippen LogP contribution in [0.1, 0.15) is 25.8 Å². The summed E-state index contributed by atoms with van der Waals surface area (Å²) in [6.45, 7) is 4.18. The van der Waals surface area contributed by atoms with Crippen LogP contribution in [0.3, 0.4) is 0 Å². The average molecular weight is 234 g/mol. The predicted molar refractivity (Wildman–Crippen MR) is 65.3 cm³/mol. The number of ether oxygens (including phenoxy) is 1. The SMILES string of the molecule is COc1ccc(C2(C(C)C)C[C@H]2C(=O)O)cc1. The first-order chi connectivity index (χ1) is 8.02. The van der Waals surface area contributed by atoms with Gasteiger partial charge in [0.15, 0.2) is 0 Å². The van der Waals surface area contributed by atoms with E-state index >= 15 is 0 Å². The number of carboxylic acid groups (broad SMARTS) is 1. The molecule has 1 fully saturated rings. The summed E-state index contributed by atoms with van der Waals surface area (Å²) in [4.78, 5) is 11.2. The van der Waals surface area contributed by atoms with Crippen molar-refractivity contribution in [1.82, 2.24) is 0 Å². The van der Waals surface area contributed by atoms with Crippen molar-refractivity contribution in [2.75, 3.05) is 7.11 Å². The Hall–Kier alpha value is -1.51. The van der Waals surface area contributed by atoms with Gasteiger partial charge in [-0.3, -0.25) is 4.79 Å². The highest BCUT2D eigenvalue weighted by Crippen LogP contribution is 2.59. The Kier molecular flexibility index (Phi) is 2.86. The third-order valence-electron chi connectivity index (χ3n) is 3.96. The number of carbonyl (C=O) groups is 1. The van der Waals surface area contributed by atoms with Crippen molar-refractivity contribution in [3.8, 4) is 5.75 Å². The second-order valence-electron chi connectivity index (χ2n) is 5.02. The van der Waals surface area contributed by atoms with Crippen molar-refractivity contribution in [3.63, 3.8) is 0 Å². The van der Waals surface area contributed by atoms with Crippen molar-refractivity contribution in [3.05, 3.63) is 29.8 Å². The molecule has 2 atom stereocenters. The van der Waals surface area contributed by atoms with Crippen LogP contribution in [0.5, 0.6) is 5.75 Å². The summed E-state index contributed by atoms with van der Waals surface area (Å²) in [7, 11) is 1.63. The Balaban J connectivity index is 2.32. The summed E-state index contributed by atoms with van der Waals surface area (Å²) in [5, 5.41) is 9.18. The smallest absolute Gasteiger partial charge is 0.307 e. The zero-order valence-electron chi connectivity index (χ0n) is 10.4. The van der Waals surface area contributed by atoms with E-state index < -0.39 is 5.97 Å². The lowest BCUT2D eigenvalue weighted by Gasteiger charge is -2.21. The Morgan fingerprint density at radius 2 is 2.00 bits per heavy atom. The maximum atomic E-state index is 11.2. The standard InChI is InChI=1S/C14H18O3/c1-9(2)14(8-12(14)13(15)16)10-4-6-11(17-3)7-5-10/h4-7,9,12H,8H2,1-3H3,(H,15,16)/t12-,14?/m0/s1. The number of hydrogen-bond donors (Lipinski definition) is 1. The first-order valence-corrected chi connectivity index (χ1v) is 5.89. The molecule has 17 heavy (non-hydrogen) atoms. The lowest BCUT2D eigenvalue weighted by atomic mass is 9.83. The fourth-order valence-electron chi connectivity index (χ4n) is 2.78. The molecule has 92 valence electrons. The maximum absolute atomic E-state index is 11.2. The highest BCUT2D eigenvalue weighted by Gasteiger charge is 2.61. The van der Waals surface area contributed by atoms with Gasteiger partial charge in [0, 0.05) is 5.41 Å². The van der Waals surface area contributed by atoms with Gasteiger partial charge >= 0.3 is 5.97 Å². The molecule has 3 heteroatoms. The third-order valence-corrected chi connectivity index (χ3v) is 3.96. The van der Waals surface area contributed by atoms with Gasteiger partial charge in [-0.1, -0.05) is 26.0 Å². The van der Waals surface area contributed by atoms with Gasteiger partial charge in [-0.15, -0.1) is 0 Å². The van der Waals surface area contributed by atoms with Crippen molar-refractivity contribution in [2.24, 2.45) is 11.8 Å². The summed E-state index contributed by atoms with van der Waals surface area (Å²) in [6, 6.07) is 7.77. The molecule has 1 aliphatic rings. The molecule has 0 bridgehead atoms. The van der Waals surface area contributed by atoms with E-state index in [1.54, 1.807) is 7.11 Å². The van der Waals surface area contributed by atoms with Gasteiger partial charge in [0.2, 0.25) is 0 Å². The molecular weight excluding hydrogens is 216 g/mol. The first kappa shape index (κ1) is 12.0. The molecule has 0 radical (unpaired) electrons. The van der Waals surface area contributed by atoms with E-state index in [4.69, 9.17) is 4.74 Å². The molecule has 1 N–H and O–H groups in total. The molecule has 0 heterocycles. The fraction of sp³-hybridized carbons (Fsp3) is 0.500. The minimum Gasteiger partial charge on any atom is -0.497 e. The highest BCUT2D eigenvalue weighted by molar-refractivity contribution is 5.77. The van der Waals surface area contributed by atoms with Crippen molar-refractivity contribution >= 4 is 5.97 Å². The zero-order valence-corrected chi connectivity index (χ0v) is 10.4. The number of benzene rings is 1. The van der Waals surface area contributed by atoms with E-state index in [1.165, 1.54) is 0 Å². The molecule has 0 aliphatic heterocycles.